The van der Waals surface area contributed by atoms with E-state index in [4.69, 9.17) is 9.26 Å². The highest BCUT2D eigenvalue weighted by atomic mass is 79.9. The first-order chi connectivity index (χ1) is 10.2. The molecule has 0 N–H and O–H groups in total. The van der Waals surface area contributed by atoms with Gasteiger partial charge in [-0.25, -0.2) is 4.79 Å². The first-order valence-corrected chi connectivity index (χ1v) is 8.59. The molecule has 0 aliphatic rings. The highest BCUT2D eigenvalue weighted by Gasteiger charge is 2.16. The molecule has 0 aliphatic carbocycles. The number of ether oxygens (including phenoxy) is 1. The number of nitrogens with zero attached hydrogens (tertiary/aromatic N) is 1. The van der Waals surface area contributed by atoms with Crippen molar-refractivity contribution in [3.05, 3.63) is 39.8 Å². The lowest BCUT2D eigenvalue weighted by Gasteiger charge is -1.94. The lowest BCUT2D eigenvalue weighted by atomic mass is 10.3. The Balaban J connectivity index is 1.85. The Hall–Kier alpha value is -1.44. The van der Waals surface area contributed by atoms with E-state index in [-0.39, 0.29) is 5.69 Å². The molecule has 21 heavy (non-hydrogen) atoms. The summed E-state index contributed by atoms with van der Waals surface area (Å²) in [5.74, 6) is 0.108. The first-order valence-electron chi connectivity index (χ1n) is 6.17. The molecule has 0 saturated heterocycles. The average molecular weight is 384 g/mol. The topological polar surface area (TPSA) is 52.3 Å². The number of hydrogen-bond donors (Lipinski definition) is 0. The normalized spacial score (nSPS) is 10.8. The van der Waals surface area contributed by atoms with Crippen LogP contribution in [0.2, 0.25) is 0 Å². The Morgan fingerprint density at radius 2 is 1.95 bits per heavy atom. The maximum Gasteiger partial charge on any atom is 0.360 e. The van der Waals surface area contributed by atoms with Gasteiger partial charge in [0.05, 0.1) is 15.3 Å². The summed E-state index contributed by atoms with van der Waals surface area (Å²) < 4.78 is 11.2. The van der Waals surface area contributed by atoms with Crippen LogP contribution in [-0.4, -0.2) is 17.7 Å². The quantitative estimate of drug-likeness (QED) is 0.590. The van der Waals surface area contributed by atoms with Crippen LogP contribution in [0.4, 0.5) is 0 Å². The van der Waals surface area contributed by atoms with E-state index in [2.05, 4.69) is 27.2 Å². The van der Waals surface area contributed by atoms with Crippen LogP contribution in [0.15, 0.2) is 38.6 Å². The Morgan fingerprint density at radius 1 is 1.24 bits per heavy atom. The van der Waals surface area contributed by atoms with Crippen LogP contribution in [0.5, 0.6) is 0 Å². The van der Waals surface area contributed by atoms with E-state index in [0.29, 0.717) is 12.4 Å². The van der Waals surface area contributed by atoms with Crippen LogP contribution < -0.4 is 0 Å². The molecule has 0 fully saturated rings. The third kappa shape index (κ3) is 3.09. The summed E-state index contributed by atoms with van der Waals surface area (Å²) in [7, 11) is 0. The van der Waals surface area contributed by atoms with Crippen molar-refractivity contribution in [2.45, 2.75) is 6.92 Å². The van der Waals surface area contributed by atoms with Gasteiger partial charge in [0.15, 0.2) is 11.5 Å². The van der Waals surface area contributed by atoms with Crippen LogP contribution in [0.25, 0.3) is 20.4 Å². The van der Waals surface area contributed by atoms with Gasteiger partial charge in [0.25, 0.3) is 0 Å². The lowest BCUT2D eigenvalue weighted by Crippen LogP contribution is -2.04. The van der Waals surface area contributed by atoms with Gasteiger partial charge in [-0.1, -0.05) is 5.16 Å². The molecule has 0 atom stereocenters. The standard InChI is InChI=1S/C14H10BrNO3S2/c1-2-18-14(17)8-7-9(19-16-8)10-3-4-11(20-10)12-5-6-13(15)21-12/h3-7H,2H2,1H3. The van der Waals surface area contributed by atoms with Gasteiger partial charge in [-0.15, -0.1) is 22.7 Å². The number of aromatic nitrogens is 1. The Morgan fingerprint density at radius 3 is 2.67 bits per heavy atom. The second kappa shape index (κ2) is 6.13. The molecule has 7 heteroatoms. The predicted molar refractivity (Wildman–Crippen MR) is 86.8 cm³/mol. The number of hydrogen-bond acceptors (Lipinski definition) is 6. The molecule has 3 aromatic heterocycles. The molecule has 0 aliphatic heterocycles. The molecule has 0 saturated carbocycles. The van der Waals surface area contributed by atoms with Gasteiger partial charge in [0, 0.05) is 15.8 Å². The van der Waals surface area contributed by atoms with E-state index in [1.807, 2.05) is 18.2 Å². The second-order valence-electron chi connectivity index (χ2n) is 4.06. The van der Waals surface area contributed by atoms with Crippen molar-refractivity contribution in [2.75, 3.05) is 6.61 Å². The summed E-state index contributed by atoms with van der Waals surface area (Å²) in [6, 6.07) is 9.69. The summed E-state index contributed by atoms with van der Waals surface area (Å²) in [5, 5.41) is 3.75. The molecule has 0 spiro atoms. The van der Waals surface area contributed by atoms with E-state index in [1.165, 1.54) is 4.88 Å². The van der Waals surface area contributed by atoms with Gasteiger partial charge in [-0.3, -0.25) is 0 Å². The zero-order valence-corrected chi connectivity index (χ0v) is 14.2. The third-order valence-electron chi connectivity index (χ3n) is 2.66. The van der Waals surface area contributed by atoms with E-state index in [9.17, 15) is 4.79 Å². The minimum Gasteiger partial charge on any atom is -0.461 e. The monoisotopic (exact) mass is 383 g/mol. The van der Waals surface area contributed by atoms with E-state index < -0.39 is 5.97 Å². The predicted octanol–water partition coefficient (Wildman–Crippen LogP) is 5.07. The summed E-state index contributed by atoms with van der Waals surface area (Å²) in [5.41, 5.74) is 0.195. The summed E-state index contributed by atoms with van der Waals surface area (Å²) in [6.07, 6.45) is 0. The molecular weight excluding hydrogens is 374 g/mol. The largest absolute Gasteiger partial charge is 0.461 e. The Labute approximate surface area is 137 Å². The van der Waals surface area contributed by atoms with Crippen LogP contribution >= 0.6 is 38.6 Å². The molecule has 0 radical (unpaired) electrons. The highest BCUT2D eigenvalue weighted by molar-refractivity contribution is 9.11. The van der Waals surface area contributed by atoms with Gasteiger partial charge >= 0.3 is 5.97 Å². The molecule has 0 unspecified atom stereocenters. The van der Waals surface area contributed by atoms with Crippen molar-refractivity contribution in [3.8, 4) is 20.4 Å². The maximum atomic E-state index is 11.6. The maximum absolute atomic E-state index is 11.6. The van der Waals surface area contributed by atoms with Gasteiger partial charge < -0.3 is 9.26 Å². The molecule has 0 bridgehead atoms. The van der Waals surface area contributed by atoms with Crippen molar-refractivity contribution in [1.29, 1.82) is 0 Å². The summed E-state index contributed by atoms with van der Waals surface area (Å²) in [4.78, 5) is 14.8. The number of esters is 1. The summed E-state index contributed by atoms with van der Waals surface area (Å²) in [6.45, 7) is 2.07. The lowest BCUT2D eigenvalue weighted by molar-refractivity contribution is 0.0514. The van der Waals surface area contributed by atoms with Crippen LogP contribution in [-0.2, 0) is 4.74 Å². The van der Waals surface area contributed by atoms with Crippen molar-refractivity contribution in [3.63, 3.8) is 0 Å². The molecule has 0 aromatic carbocycles. The molecule has 0 amide bonds. The summed E-state index contributed by atoms with van der Waals surface area (Å²) >= 11 is 6.73. The Kier molecular flexibility index (Phi) is 4.23. The molecule has 3 aromatic rings. The highest BCUT2D eigenvalue weighted by Crippen LogP contribution is 2.39. The van der Waals surface area contributed by atoms with E-state index >= 15 is 0 Å². The van der Waals surface area contributed by atoms with Gasteiger partial charge in [0.2, 0.25) is 0 Å². The van der Waals surface area contributed by atoms with Crippen LogP contribution in [0.3, 0.4) is 0 Å². The number of carbonyl (C=O) groups excluding carboxylic acids is 1. The second-order valence-corrected chi connectivity index (χ2v) is 7.61. The van der Waals surface area contributed by atoms with Crippen LogP contribution in [0.1, 0.15) is 17.4 Å². The molecule has 3 rings (SSSR count). The SMILES string of the molecule is CCOC(=O)c1cc(-c2ccc(-c3ccc(Br)s3)s2)on1. The molecule has 108 valence electrons. The third-order valence-corrected chi connectivity index (χ3v) is 5.58. The fraction of sp³-hybridized carbons (Fsp3) is 0.143. The fourth-order valence-corrected chi connectivity index (χ4v) is 4.17. The first kappa shape index (κ1) is 14.5. The zero-order chi connectivity index (χ0) is 14.8. The van der Waals surface area contributed by atoms with Crippen molar-refractivity contribution >= 4 is 44.6 Å². The van der Waals surface area contributed by atoms with Crippen molar-refractivity contribution in [2.24, 2.45) is 0 Å². The minimum atomic E-state index is -0.466. The van der Waals surface area contributed by atoms with Crippen molar-refractivity contribution in [1.82, 2.24) is 5.16 Å². The Bertz CT molecular complexity index is 775. The zero-order valence-electron chi connectivity index (χ0n) is 11.0. The number of halogens is 1. The smallest absolute Gasteiger partial charge is 0.360 e. The van der Waals surface area contributed by atoms with Gasteiger partial charge in [-0.05, 0) is 47.1 Å². The fourth-order valence-electron chi connectivity index (χ4n) is 1.74. The molecule has 4 nitrogen and oxygen atoms in total. The number of rotatable bonds is 4. The molecule has 3 heterocycles. The number of thiophene rings is 2. The molecular formula is C14H10BrNO3S2. The van der Waals surface area contributed by atoms with Crippen LogP contribution in [0, 0.1) is 0 Å². The number of carbonyl (C=O) groups is 1. The van der Waals surface area contributed by atoms with Crippen molar-refractivity contribution < 1.29 is 14.1 Å². The van der Waals surface area contributed by atoms with Gasteiger partial charge in [0.1, 0.15) is 0 Å². The van der Waals surface area contributed by atoms with Gasteiger partial charge in [-0.2, -0.15) is 0 Å². The minimum absolute atomic E-state index is 0.195. The van der Waals surface area contributed by atoms with E-state index in [1.54, 1.807) is 35.7 Å². The van der Waals surface area contributed by atoms with E-state index in [0.717, 1.165) is 13.5 Å². The average Bonchev–Trinajstić information content (AvgIpc) is 3.18.